The maximum Gasteiger partial charge on any atom is 0.115 e. The monoisotopic (exact) mass is 357 g/mol. The Morgan fingerprint density at radius 3 is 1.54 bits per heavy atom. The number of benzene rings is 2. The van der Waals surface area contributed by atoms with Crippen molar-refractivity contribution in [3.63, 3.8) is 0 Å². The standard InChI is InChI=1S/C15H18N2O2.C6H13N/c16-11-17(9-12-1-5-14(18)6-2-12)10-13-3-7-15(19)8-4-13;1-7-5-3-2-4-6-7/h1-8,18-19H,9-11,16H2;2-6H2,1H3. The van der Waals surface area contributed by atoms with Crippen LogP contribution in [0.3, 0.4) is 0 Å². The van der Waals surface area contributed by atoms with Gasteiger partial charge in [-0.1, -0.05) is 30.7 Å². The molecule has 5 heteroatoms. The van der Waals surface area contributed by atoms with Crippen molar-refractivity contribution in [1.82, 2.24) is 9.80 Å². The Hall–Kier alpha value is -2.08. The van der Waals surface area contributed by atoms with Crippen molar-refractivity contribution in [1.29, 1.82) is 0 Å². The molecule has 142 valence electrons. The number of piperidine rings is 1. The molecule has 1 fully saturated rings. The molecular formula is C21H31N3O2. The molecule has 2 aromatic carbocycles. The smallest absolute Gasteiger partial charge is 0.115 e. The SMILES string of the molecule is CN1CCCCC1.NCN(Cc1ccc(O)cc1)Cc1ccc(O)cc1. The van der Waals surface area contributed by atoms with Crippen molar-refractivity contribution >= 4 is 0 Å². The minimum atomic E-state index is 0.265. The Balaban J connectivity index is 0.000000290. The van der Waals surface area contributed by atoms with Crippen molar-refractivity contribution < 1.29 is 10.2 Å². The highest BCUT2D eigenvalue weighted by Crippen LogP contribution is 2.15. The maximum absolute atomic E-state index is 9.25. The number of nitrogens with two attached hydrogens (primary N) is 1. The fraction of sp³-hybridized carbons (Fsp3) is 0.429. The number of rotatable bonds is 5. The molecule has 3 rings (SSSR count). The fourth-order valence-corrected chi connectivity index (χ4v) is 2.96. The number of aromatic hydroxyl groups is 2. The van der Waals surface area contributed by atoms with Crippen molar-refractivity contribution in [2.24, 2.45) is 5.73 Å². The van der Waals surface area contributed by atoms with Crippen LogP contribution < -0.4 is 5.73 Å². The van der Waals surface area contributed by atoms with Crippen molar-refractivity contribution in [2.45, 2.75) is 32.4 Å². The van der Waals surface area contributed by atoms with E-state index in [1.54, 1.807) is 24.3 Å². The molecule has 1 aliphatic rings. The number of phenols is 2. The average Bonchev–Trinajstić information content (AvgIpc) is 2.66. The summed E-state index contributed by atoms with van der Waals surface area (Å²) < 4.78 is 0. The molecule has 0 aromatic heterocycles. The van der Waals surface area contributed by atoms with Gasteiger partial charge < -0.3 is 20.8 Å². The van der Waals surface area contributed by atoms with Crippen LogP contribution in [0.5, 0.6) is 11.5 Å². The lowest BCUT2D eigenvalue weighted by molar-refractivity contribution is 0.264. The summed E-state index contributed by atoms with van der Waals surface area (Å²) in [6.45, 7) is 4.52. The summed E-state index contributed by atoms with van der Waals surface area (Å²) >= 11 is 0. The van der Waals surface area contributed by atoms with Gasteiger partial charge >= 0.3 is 0 Å². The van der Waals surface area contributed by atoms with Gasteiger partial charge in [-0.15, -0.1) is 0 Å². The average molecular weight is 357 g/mol. The number of nitrogens with zero attached hydrogens (tertiary/aromatic N) is 2. The van der Waals surface area contributed by atoms with Gasteiger partial charge in [0, 0.05) is 19.8 Å². The van der Waals surface area contributed by atoms with Gasteiger partial charge in [-0.05, 0) is 68.4 Å². The molecule has 1 aliphatic heterocycles. The third kappa shape index (κ3) is 7.44. The molecule has 4 N–H and O–H groups in total. The highest BCUT2D eigenvalue weighted by atomic mass is 16.3. The fourth-order valence-electron chi connectivity index (χ4n) is 2.96. The van der Waals surface area contributed by atoms with E-state index in [4.69, 9.17) is 5.73 Å². The molecule has 5 nitrogen and oxygen atoms in total. The summed E-state index contributed by atoms with van der Waals surface area (Å²) in [4.78, 5) is 4.47. The van der Waals surface area contributed by atoms with E-state index in [-0.39, 0.29) is 11.5 Å². The molecule has 1 saturated heterocycles. The Morgan fingerprint density at radius 1 is 0.808 bits per heavy atom. The van der Waals surface area contributed by atoms with Gasteiger partial charge in [0.1, 0.15) is 11.5 Å². The van der Waals surface area contributed by atoms with Gasteiger partial charge in [0.2, 0.25) is 0 Å². The number of hydrogen-bond acceptors (Lipinski definition) is 5. The summed E-state index contributed by atoms with van der Waals surface area (Å²) in [6, 6.07) is 14.2. The van der Waals surface area contributed by atoms with E-state index in [1.807, 2.05) is 24.3 Å². The second-order valence-electron chi connectivity index (χ2n) is 6.87. The van der Waals surface area contributed by atoms with Crippen LogP contribution in [0, 0.1) is 0 Å². The van der Waals surface area contributed by atoms with Crippen LogP contribution in [-0.4, -0.2) is 46.8 Å². The Bertz CT molecular complexity index is 575. The highest BCUT2D eigenvalue weighted by molar-refractivity contribution is 5.27. The zero-order valence-corrected chi connectivity index (χ0v) is 15.6. The van der Waals surface area contributed by atoms with Gasteiger partial charge in [-0.3, -0.25) is 4.90 Å². The predicted octanol–water partition coefficient (Wildman–Crippen LogP) is 3.12. The molecule has 2 aromatic rings. The molecule has 26 heavy (non-hydrogen) atoms. The van der Waals surface area contributed by atoms with Gasteiger partial charge in [0.05, 0.1) is 0 Å². The van der Waals surface area contributed by atoms with Crippen molar-refractivity contribution in [3.8, 4) is 11.5 Å². The molecule has 0 unspecified atom stereocenters. The lowest BCUT2D eigenvalue weighted by Gasteiger charge is -2.20. The maximum atomic E-state index is 9.25. The van der Waals surface area contributed by atoms with Crippen molar-refractivity contribution in [2.75, 3.05) is 26.8 Å². The normalized spacial score (nSPS) is 14.7. The van der Waals surface area contributed by atoms with Crippen LogP contribution in [0.4, 0.5) is 0 Å². The quantitative estimate of drug-likeness (QED) is 0.717. The van der Waals surface area contributed by atoms with E-state index < -0.39 is 0 Å². The van der Waals surface area contributed by atoms with E-state index in [2.05, 4.69) is 16.8 Å². The Morgan fingerprint density at radius 2 is 1.23 bits per heavy atom. The summed E-state index contributed by atoms with van der Waals surface area (Å²) in [5, 5.41) is 18.5. The van der Waals surface area contributed by atoms with Crippen LogP contribution in [0.25, 0.3) is 0 Å². The number of likely N-dealkylation sites (tertiary alicyclic amines) is 1. The van der Waals surface area contributed by atoms with Gasteiger partial charge in [-0.2, -0.15) is 0 Å². The highest BCUT2D eigenvalue weighted by Gasteiger charge is 2.05. The van der Waals surface area contributed by atoms with Crippen LogP contribution in [0.15, 0.2) is 48.5 Å². The largest absolute Gasteiger partial charge is 0.508 e. The molecule has 0 radical (unpaired) electrons. The first kappa shape index (κ1) is 20.2. The van der Waals surface area contributed by atoms with Crippen LogP contribution in [-0.2, 0) is 13.1 Å². The molecule has 0 aliphatic carbocycles. The first-order chi connectivity index (χ1) is 12.6. The summed E-state index contributed by atoms with van der Waals surface area (Å²) in [5.41, 5.74) is 7.95. The summed E-state index contributed by atoms with van der Waals surface area (Å²) in [6.07, 6.45) is 4.28. The second-order valence-corrected chi connectivity index (χ2v) is 6.87. The van der Waals surface area contributed by atoms with E-state index in [0.29, 0.717) is 6.67 Å². The zero-order valence-electron chi connectivity index (χ0n) is 15.6. The van der Waals surface area contributed by atoms with E-state index in [1.165, 1.54) is 32.4 Å². The molecule has 0 saturated carbocycles. The van der Waals surface area contributed by atoms with Gasteiger partial charge in [-0.25, -0.2) is 0 Å². The first-order valence-electron chi connectivity index (χ1n) is 9.23. The minimum absolute atomic E-state index is 0.265. The minimum Gasteiger partial charge on any atom is -0.508 e. The van der Waals surface area contributed by atoms with Crippen LogP contribution >= 0.6 is 0 Å². The van der Waals surface area contributed by atoms with E-state index >= 15 is 0 Å². The molecule has 0 spiro atoms. The Labute approximate surface area is 156 Å². The van der Waals surface area contributed by atoms with E-state index in [9.17, 15) is 10.2 Å². The topological polar surface area (TPSA) is 73.0 Å². The predicted molar refractivity (Wildman–Crippen MR) is 106 cm³/mol. The summed E-state index contributed by atoms with van der Waals surface area (Å²) in [7, 11) is 2.19. The second kappa shape index (κ2) is 10.8. The molecule has 1 heterocycles. The zero-order chi connectivity index (χ0) is 18.8. The lowest BCUT2D eigenvalue weighted by atomic mass is 10.1. The van der Waals surface area contributed by atoms with Crippen LogP contribution in [0.2, 0.25) is 0 Å². The lowest BCUT2D eigenvalue weighted by Crippen LogP contribution is -2.29. The number of hydrogen-bond donors (Lipinski definition) is 3. The molecule has 0 amide bonds. The van der Waals surface area contributed by atoms with E-state index in [0.717, 1.165) is 24.2 Å². The molecule has 0 bridgehead atoms. The molecular weight excluding hydrogens is 326 g/mol. The Kier molecular flexibility index (Phi) is 8.41. The molecule has 0 atom stereocenters. The summed E-state index contributed by atoms with van der Waals surface area (Å²) in [5.74, 6) is 0.531. The third-order valence-corrected chi connectivity index (χ3v) is 4.52. The van der Waals surface area contributed by atoms with Crippen molar-refractivity contribution in [3.05, 3.63) is 59.7 Å². The van der Waals surface area contributed by atoms with Gasteiger partial charge in [0.15, 0.2) is 0 Å². The van der Waals surface area contributed by atoms with Crippen LogP contribution in [0.1, 0.15) is 30.4 Å². The first-order valence-corrected chi connectivity index (χ1v) is 9.23. The van der Waals surface area contributed by atoms with Gasteiger partial charge in [0.25, 0.3) is 0 Å². The third-order valence-electron chi connectivity index (χ3n) is 4.52. The number of phenolic OH excluding ortho intramolecular Hbond substituents is 2.